The van der Waals surface area contributed by atoms with Crippen molar-refractivity contribution in [1.29, 1.82) is 5.26 Å². The van der Waals surface area contributed by atoms with Crippen molar-refractivity contribution in [3.8, 4) is 11.8 Å². The zero-order valence-corrected chi connectivity index (χ0v) is 13.9. The summed E-state index contributed by atoms with van der Waals surface area (Å²) < 4.78 is 25.0. The van der Waals surface area contributed by atoms with E-state index in [1.54, 1.807) is 12.1 Å². The molecular weight excluding hydrogens is 334 g/mol. The van der Waals surface area contributed by atoms with Gasteiger partial charge in [0, 0.05) is 6.26 Å². The van der Waals surface area contributed by atoms with E-state index in [9.17, 15) is 18.5 Å². The van der Waals surface area contributed by atoms with Gasteiger partial charge < -0.3 is 0 Å². The molecule has 0 N–H and O–H groups in total. The molecule has 116 valence electrons. The number of benzene rings is 1. The lowest BCUT2D eigenvalue weighted by molar-refractivity contribution is 0.603. The largest absolute Gasteiger partial charge is 0.275 e. The van der Waals surface area contributed by atoms with E-state index < -0.39 is 15.4 Å². The van der Waals surface area contributed by atoms with Crippen LogP contribution in [0.4, 0.5) is 0 Å². The highest BCUT2D eigenvalue weighted by Crippen LogP contribution is 2.31. The molecular formula is C15H11N3O3S2. The normalized spacial score (nSPS) is 11.5. The van der Waals surface area contributed by atoms with Crippen LogP contribution in [0.15, 0.2) is 39.6 Å². The van der Waals surface area contributed by atoms with E-state index in [1.807, 2.05) is 25.1 Å². The number of nitriles is 1. The number of sulfone groups is 1. The number of aromatic nitrogens is 2. The van der Waals surface area contributed by atoms with Crippen LogP contribution in [0, 0.1) is 18.3 Å². The predicted molar refractivity (Wildman–Crippen MR) is 87.8 cm³/mol. The maximum Gasteiger partial charge on any atom is 0.275 e. The van der Waals surface area contributed by atoms with Crippen molar-refractivity contribution >= 4 is 31.4 Å². The van der Waals surface area contributed by atoms with Crippen molar-refractivity contribution < 1.29 is 8.42 Å². The molecule has 1 aromatic carbocycles. The number of rotatable bonds is 2. The highest BCUT2D eigenvalue weighted by atomic mass is 32.2. The smallest absolute Gasteiger partial charge is 0.267 e. The first-order valence-electron chi connectivity index (χ1n) is 6.54. The van der Waals surface area contributed by atoms with Crippen molar-refractivity contribution in [1.82, 2.24) is 9.55 Å². The van der Waals surface area contributed by atoms with Crippen LogP contribution in [-0.4, -0.2) is 24.2 Å². The van der Waals surface area contributed by atoms with E-state index in [4.69, 9.17) is 0 Å². The molecule has 0 aliphatic carbocycles. The molecule has 0 atom stereocenters. The molecule has 3 aromatic rings. The molecule has 0 aliphatic rings. The van der Waals surface area contributed by atoms with Gasteiger partial charge in [-0.15, -0.1) is 11.3 Å². The highest BCUT2D eigenvalue weighted by molar-refractivity contribution is 7.93. The summed E-state index contributed by atoms with van der Waals surface area (Å²) in [7, 11) is -3.60. The summed E-state index contributed by atoms with van der Waals surface area (Å²) in [6, 6.07) is 9.12. The molecule has 0 fully saturated rings. The summed E-state index contributed by atoms with van der Waals surface area (Å²) in [5.41, 5.74) is 1.35. The van der Waals surface area contributed by atoms with Crippen LogP contribution in [0.2, 0.25) is 0 Å². The Bertz CT molecular complexity index is 1120. The fourth-order valence-electron chi connectivity index (χ4n) is 2.20. The first kappa shape index (κ1) is 15.4. The third-order valence-electron chi connectivity index (χ3n) is 3.33. The molecule has 0 saturated carbocycles. The van der Waals surface area contributed by atoms with Crippen molar-refractivity contribution in [2.45, 2.75) is 11.1 Å². The topological polar surface area (TPSA) is 92.8 Å². The molecule has 2 heterocycles. The van der Waals surface area contributed by atoms with Gasteiger partial charge in [-0.05, 0) is 19.1 Å². The number of hydrogen-bond acceptors (Lipinski definition) is 6. The van der Waals surface area contributed by atoms with Crippen LogP contribution >= 0.6 is 11.3 Å². The number of thiophene rings is 1. The first-order chi connectivity index (χ1) is 10.8. The maximum atomic E-state index is 12.7. The lowest BCUT2D eigenvalue weighted by atomic mass is 10.2. The number of aryl methyl sites for hydroxylation is 1. The Kier molecular flexibility index (Phi) is 3.55. The van der Waals surface area contributed by atoms with E-state index >= 15 is 0 Å². The Hall–Kier alpha value is -2.50. The van der Waals surface area contributed by atoms with Crippen LogP contribution in [0.5, 0.6) is 0 Å². The van der Waals surface area contributed by atoms with Crippen LogP contribution < -0.4 is 5.56 Å². The van der Waals surface area contributed by atoms with E-state index in [0.29, 0.717) is 5.69 Å². The molecule has 0 amide bonds. The summed E-state index contributed by atoms with van der Waals surface area (Å²) in [5, 5.41) is 9.22. The van der Waals surface area contributed by atoms with Crippen molar-refractivity contribution in [2.24, 2.45) is 0 Å². The van der Waals surface area contributed by atoms with Crippen LogP contribution in [0.1, 0.15) is 11.1 Å². The average molecular weight is 345 g/mol. The molecule has 0 spiro atoms. The van der Waals surface area contributed by atoms with Gasteiger partial charge in [0.25, 0.3) is 5.56 Å². The number of fused-ring (bicyclic) bond motifs is 1. The average Bonchev–Trinajstić information content (AvgIpc) is 2.88. The summed E-state index contributed by atoms with van der Waals surface area (Å²) in [4.78, 5) is 16.8. The number of hydrogen-bond donors (Lipinski definition) is 0. The van der Waals surface area contributed by atoms with E-state index in [1.165, 1.54) is 10.9 Å². The molecule has 3 rings (SSSR count). The minimum atomic E-state index is -3.60. The molecule has 0 radical (unpaired) electrons. The quantitative estimate of drug-likeness (QED) is 0.708. The van der Waals surface area contributed by atoms with Crippen LogP contribution in [0.25, 0.3) is 15.9 Å². The lowest BCUT2D eigenvalue weighted by Gasteiger charge is -2.05. The van der Waals surface area contributed by atoms with Crippen LogP contribution in [0.3, 0.4) is 0 Å². The Labute approximate surface area is 136 Å². The maximum absolute atomic E-state index is 12.7. The molecule has 0 bridgehead atoms. The highest BCUT2D eigenvalue weighted by Gasteiger charge is 2.23. The summed E-state index contributed by atoms with van der Waals surface area (Å²) in [6.07, 6.45) is 2.33. The minimum absolute atomic E-state index is 0.0688. The fourth-order valence-corrected chi connectivity index (χ4v) is 4.43. The molecule has 23 heavy (non-hydrogen) atoms. The van der Waals surface area contributed by atoms with Crippen molar-refractivity contribution in [3.05, 3.63) is 52.1 Å². The Morgan fingerprint density at radius 1 is 1.26 bits per heavy atom. The molecule has 0 aliphatic heterocycles. The van der Waals surface area contributed by atoms with Gasteiger partial charge in [-0.1, -0.05) is 17.7 Å². The fraction of sp³-hybridized carbons (Fsp3) is 0.133. The van der Waals surface area contributed by atoms with Gasteiger partial charge in [0.2, 0.25) is 0 Å². The second-order valence-electron chi connectivity index (χ2n) is 5.08. The van der Waals surface area contributed by atoms with Gasteiger partial charge in [0.05, 0.1) is 5.69 Å². The zero-order valence-electron chi connectivity index (χ0n) is 12.3. The molecule has 0 saturated heterocycles. The van der Waals surface area contributed by atoms with Crippen LogP contribution in [-0.2, 0) is 9.84 Å². The Morgan fingerprint density at radius 2 is 1.91 bits per heavy atom. The van der Waals surface area contributed by atoms with Gasteiger partial charge in [-0.3, -0.25) is 9.36 Å². The summed E-state index contributed by atoms with van der Waals surface area (Å²) >= 11 is 0.788. The first-order valence-corrected chi connectivity index (χ1v) is 9.25. The Balaban J connectivity index is 2.35. The van der Waals surface area contributed by atoms with Gasteiger partial charge in [-0.25, -0.2) is 13.4 Å². The third kappa shape index (κ3) is 2.54. The standard InChI is InChI=1S/C15H11N3O3S2/c1-9-3-5-10(6-4-9)18-8-17-12-11(7-16)15(23(2,20)21)22-13(12)14(18)19/h3-6,8H,1-2H3. The predicted octanol–water partition coefficient (Wildman–Crippen LogP) is 2.03. The van der Waals surface area contributed by atoms with E-state index in [2.05, 4.69) is 4.98 Å². The molecule has 8 heteroatoms. The summed E-state index contributed by atoms with van der Waals surface area (Å²) in [6.45, 7) is 1.94. The minimum Gasteiger partial charge on any atom is -0.267 e. The molecule has 2 aromatic heterocycles. The summed E-state index contributed by atoms with van der Waals surface area (Å²) in [5.74, 6) is 0. The van der Waals surface area contributed by atoms with Crippen molar-refractivity contribution in [3.63, 3.8) is 0 Å². The lowest BCUT2D eigenvalue weighted by Crippen LogP contribution is -2.17. The van der Waals surface area contributed by atoms with Gasteiger partial charge in [0.15, 0.2) is 9.84 Å². The second kappa shape index (κ2) is 5.30. The van der Waals surface area contributed by atoms with Gasteiger partial charge in [-0.2, -0.15) is 5.26 Å². The molecule has 6 nitrogen and oxygen atoms in total. The second-order valence-corrected chi connectivity index (χ2v) is 8.31. The van der Waals surface area contributed by atoms with Gasteiger partial charge in [0.1, 0.15) is 32.4 Å². The SMILES string of the molecule is Cc1ccc(-n2cnc3c(C#N)c(S(C)(=O)=O)sc3c2=O)cc1. The monoisotopic (exact) mass is 345 g/mol. The number of nitrogens with zero attached hydrogens (tertiary/aromatic N) is 3. The zero-order chi connectivity index (χ0) is 16.8. The third-order valence-corrected chi connectivity index (χ3v) is 6.32. The van der Waals surface area contributed by atoms with Crippen molar-refractivity contribution in [2.75, 3.05) is 6.26 Å². The molecule has 0 unspecified atom stereocenters. The Morgan fingerprint density at radius 3 is 2.48 bits per heavy atom. The van der Waals surface area contributed by atoms with E-state index in [-0.39, 0.29) is 20.0 Å². The van der Waals surface area contributed by atoms with E-state index in [0.717, 1.165) is 23.2 Å². The van der Waals surface area contributed by atoms with Gasteiger partial charge >= 0.3 is 0 Å².